The Morgan fingerprint density at radius 2 is 1.79 bits per heavy atom. The largest absolute Gasteiger partial charge is 0.493 e. The van der Waals surface area contributed by atoms with E-state index in [0.29, 0.717) is 22.3 Å². The number of ether oxygens (including phenoxy) is 2. The maximum absolute atomic E-state index is 12.0. The Labute approximate surface area is 165 Å². The number of aromatic nitrogens is 1. The molecule has 3 aromatic rings. The van der Waals surface area contributed by atoms with Gasteiger partial charge in [0.15, 0.2) is 17.1 Å². The van der Waals surface area contributed by atoms with Crippen molar-refractivity contribution in [1.82, 2.24) is 15.8 Å². The normalized spacial score (nSPS) is 10.5. The first-order valence-electron chi connectivity index (χ1n) is 8.36. The number of para-hydroxylation sites is 2. The molecule has 9 heteroatoms. The minimum absolute atomic E-state index is 0.0590. The van der Waals surface area contributed by atoms with Crippen LogP contribution in [0.15, 0.2) is 52.1 Å². The van der Waals surface area contributed by atoms with E-state index in [4.69, 9.17) is 13.9 Å². The smallest absolute Gasteiger partial charge is 0.257 e. The van der Waals surface area contributed by atoms with Gasteiger partial charge in [0.25, 0.3) is 5.22 Å². The summed E-state index contributed by atoms with van der Waals surface area (Å²) in [6.45, 7) is 0. The van der Waals surface area contributed by atoms with Gasteiger partial charge in [-0.15, -0.1) is 0 Å². The maximum atomic E-state index is 12.0. The Balaban J connectivity index is 1.45. The molecule has 0 bridgehead atoms. The Kier molecular flexibility index (Phi) is 6.38. The molecule has 0 aliphatic carbocycles. The van der Waals surface area contributed by atoms with E-state index >= 15 is 0 Å². The van der Waals surface area contributed by atoms with E-state index in [0.717, 1.165) is 22.8 Å². The number of hydrazine groups is 1. The molecule has 0 fully saturated rings. The van der Waals surface area contributed by atoms with Crippen molar-refractivity contribution in [3.63, 3.8) is 0 Å². The van der Waals surface area contributed by atoms with Crippen LogP contribution in [0.2, 0.25) is 0 Å². The molecule has 0 radical (unpaired) electrons. The van der Waals surface area contributed by atoms with Crippen LogP contribution in [-0.2, 0) is 16.0 Å². The number of benzene rings is 2. The summed E-state index contributed by atoms with van der Waals surface area (Å²) in [6.07, 6.45) is 0.0822. The van der Waals surface area contributed by atoms with Crippen molar-refractivity contribution in [3.05, 3.63) is 48.0 Å². The summed E-state index contributed by atoms with van der Waals surface area (Å²) in [4.78, 5) is 28.2. The molecule has 2 amide bonds. The summed E-state index contributed by atoms with van der Waals surface area (Å²) in [6, 6.07) is 12.5. The van der Waals surface area contributed by atoms with Crippen LogP contribution in [-0.4, -0.2) is 36.8 Å². The van der Waals surface area contributed by atoms with E-state index in [9.17, 15) is 9.59 Å². The van der Waals surface area contributed by atoms with Crippen molar-refractivity contribution in [3.8, 4) is 11.5 Å². The van der Waals surface area contributed by atoms with Crippen LogP contribution in [0.25, 0.3) is 11.1 Å². The number of rotatable bonds is 7. The number of fused-ring (bicyclic) bond motifs is 1. The maximum Gasteiger partial charge on any atom is 0.257 e. The van der Waals surface area contributed by atoms with Crippen molar-refractivity contribution in [2.45, 2.75) is 11.6 Å². The van der Waals surface area contributed by atoms with Gasteiger partial charge in [0.1, 0.15) is 5.52 Å². The van der Waals surface area contributed by atoms with Gasteiger partial charge >= 0.3 is 0 Å². The second-order valence-electron chi connectivity index (χ2n) is 5.70. The Hall–Kier alpha value is -3.20. The fourth-order valence-electron chi connectivity index (χ4n) is 2.44. The van der Waals surface area contributed by atoms with Crippen molar-refractivity contribution in [1.29, 1.82) is 0 Å². The zero-order valence-corrected chi connectivity index (χ0v) is 16.2. The van der Waals surface area contributed by atoms with Gasteiger partial charge in [-0.1, -0.05) is 30.0 Å². The highest BCUT2D eigenvalue weighted by Crippen LogP contribution is 2.27. The zero-order chi connectivity index (χ0) is 19.9. The number of carbonyl (C=O) groups excluding carboxylic acids is 2. The molecule has 8 nitrogen and oxygen atoms in total. The molecule has 0 aliphatic rings. The molecule has 0 saturated heterocycles. The second kappa shape index (κ2) is 9.14. The molecule has 0 atom stereocenters. The molecule has 2 aromatic carbocycles. The molecular weight excluding hydrogens is 382 g/mol. The Morgan fingerprint density at radius 1 is 1.04 bits per heavy atom. The Morgan fingerprint density at radius 3 is 2.54 bits per heavy atom. The van der Waals surface area contributed by atoms with Crippen molar-refractivity contribution < 1.29 is 23.5 Å². The van der Waals surface area contributed by atoms with Crippen LogP contribution in [0.3, 0.4) is 0 Å². The van der Waals surface area contributed by atoms with E-state index < -0.39 is 0 Å². The number of carbonyl (C=O) groups is 2. The number of amides is 2. The van der Waals surface area contributed by atoms with Gasteiger partial charge in [-0.25, -0.2) is 4.98 Å². The number of nitrogens with one attached hydrogen (secondary N) is 2. The molecule has 2 N–H and O–H groups in total. The fraction of sp³-hybridized carbons (Fsp3) is 0.211. The van der Waals surface area contributed by atoms with Crippen molar-refractivity contribution >= 4 is 34.7 Å². The van der Waals surface area contributed by atoms with E-state index in [2.05, 4.69) is 15.8 Å². The monoisotopic (exact) mass is 401 g/mol. The summed E-state index contributed by atoms with van der Waals surface area (Å²) in [5.41, 5.74) is 6.88. The van der Waals surface area contributed by atoms with Gasteiger partial charge in [-0.05, 0) is 29.8 Å². The predicted octanol–water partition coefficient (Wildman–Crippen LogP) is 2.33. The number of thioether (sulfide) groups is 1. The number of nitrogens with zero attached hydrogens (tertiary/aromatic N) is 1. The lowest BCUT2D eigenvalue weighted by atomic mass is 10.1. The molecule has 0 saturated carbocycles. The summed E-state index contributed by atoms with van der Waals surface area (Å²) < 4.78 is 15.9. The molecule has 1 heterocycles. The van der Waals surface area contributed by atoms with Gasteiger partial charge in [-0.3, -0.25) is 20.4 Å². The number of hydrogen-bond acceptors (Lipinski definition) is 7. The minimum Gasteiger partial charge on any atom is -0.493 e. The average Bonchev–Trinajstić information content (AvgIpc) is 3.13. The first-order valence-corrected chi connectivity index (χ1v) is 9.34. The van der Waals surface area contributed by atoms with Crippen molar-refractivity contribution in [2.24, 2.45) is 0 Å². The summed E-state index contributed by atoms with van der Waals surface area (Å²) >= 11 is 1.15. The molecule has 0 aliphatic heterocycles. The highest BCUT2D eigenvalue weighted by molar-refractivity contribution is 7.99. The van der Waals surface area contributed by atoms with Gasteiger partial charge in [0, 0.05) is 0 Å². The quantitative estimate of drug-likeness (QED) is 0.463. The topological polar surface area (TPSA) is 103 Å². The van der Waals surface area contributed by atoms with E-state index in [1.54, 1.807) is 31.4 Å². The van der Waals surface area contributed by atoms with Gasteiger partial charge in [0.2, 0.25) is 11.8 Å². The predicted molar refractivity (Wildman–Crippen MR) is 104 cm³/mol. The van der Waals surface area contributed by atoms with Gasteiger partial charge in [-0.2, -0.15) is 0 Å². The first-order chi connectivity index (χ1) is 13.6. The zero-order valence-electron chi connectivity index (χ0n) is 15.4. The van der Waals surface area contributed by atoms with Crippen LogP contribution in [0.5, 0.6) is 11.5 Å². The molecule has 0 spiro atoms. The fourth-order valence-corrected chi connectivity index (χ4v) is 3.07. The summed E-state index contributed by atoms with van der Waals surface area (Å²) in [7, 11) is 3.06. The van der Waals surface area contributed by atoms with Crippen molar-refractivity contribution in [2.75, 3.05) is 20.0 Å². The highest BCUT2D eigenvalue weighted by atomic mass is 32.2. The number of hydrogen-bond donors (Lipinski definition) is 2. The molecule has 146 valence electrons. The summed E-state index contributed by atoms with van der Waals surface area (Å²) in [5, 5.41) is 0.396. The lowest BCUT2D eigenvalue weighted by Crippen LogP contribution is -2.43. The van der Waals surface area contributed by atoms with Crippen LogP contribution < -0.4 is 20.3 Å². The average molecular weight is 401 g/mol. The lowest BCUT2D eigenvalue weighted by Gasteiger charge is -2.10. The van der Waals surface area contributed by atoms with Gasteiger partial charge < -0.3 is 13.9 Å². The lowest BCUT2D eigenvalue weighted by molar-refractivity contribution is -0.127. The molecule has 0 unspecified atom stereocenters. The molecule has 1 aromatic heterocycles. The van der Waals surface area contributed by atoms with Gasteiger partial charge in [0.05, 0.1) is 26.4 Å². The molecule has 28 heavy (non-hydrogen) atoms. The van der Waals surface area contributed by atoms with Crippen LogP contribution in [0.4, 0.5) is 0 Å². The first kappa shape index (κ1) is 19.6. The SMILES string of the molecule is COc1ccc(CC(=O)NNC(=O)CSc2nc3ccccc3o2)cc1OC. The summed E-state index contributed by atoms with van der Waals surface area (Å²) in [5.74, 6) is 0.451. The van der Waals surface area contributed by atoms with E-state index in [-0.39, 0.29) is 24.0 Å². The minimum atomic E-state index is -0.368. The Bertz CT molecular complexity index is 956. The van der Waals surface area contributed by atoms with Crippen LogP contribution >= 0.6 is 11.8 Å². The third-order valence-corrected chi connectivity index (χ3v) is 4.58. The van der Waals surface area contributed by atoms with E-state index in [1.165, 1.54) is 7.11 Å². The standard InChI is InChI=1S/C19H19N3O5S/c1-25-15-8-7-12(9-16(15)26-2)10-17(23)21-22-18(24)11-28-19-20-13-5-3-4-6-14(13)27-19/h3-9H,10-11H2,1-2H3,(H,21,23)(H,22,24). The third kappa shape index (κ3) is 4.95. The molecular formula is C19H19N3O5S. The number of methoxy groups -OCH3 is 2. The highest BCUT2D eigenvalue weighted by Gasteiger charge is 2.11. The second-order valence-corrected chi connectivity index (χ2v) is 6.63. The molecule has 3 rings (SSSR count). The van der Waals surface area contributed by atoms with Crippen LogP contribution in [0.1, 0.15) is 5.56 Å². The third-order valence-electron chi connectivity index (χ3n) is 3.75. The van der Waals surface area contributed by atoms with Crippen LogP contribution in [0, 0.1) is 0 Å². The number of oxazole rings is 1. The van der Waals surface area contributed by atoms with E-state index in [1.807, 2.05) is 18.2 Å².